The van der Waals surface area contributed by atoms with Gasteiger partial charge in [0, 0.05) is 16.6 Å². The molecule has 1 aliphatic heterocycles. The lowest BCUT2D eigenvalue weighted by atomic mass is 9.86. The lowest BCUT2D eigenvalue weighted by Crippen LogP contribution is -2.25. The maximum Gasteiger partial charge on any atom is 0.317 e. The van der Waals surface area contributed by atoms with Crippen LogP contribution in [0.2, 0.25) is 0 Å². The van der Waals surface area contributed by atoms with Crippen molar-refractivity contribution in [2.45, 2.75) is 17.9 Å². The van der Waals surface area contributed by atoms with Crippen LogP contribution in [-0.2, 0) is 14.3 Å². The fourth-order valence-corrected chi connectivity index (χ4v) is 4.06. The summed E-state index contributed by atoms with van der Waals surface area (Å²) in [5.41, 5.74) is 0.947. The summed E-state index contributed by atoms with van der Waals surface area (Å²) in [6, 6.07) is 19.7. The van der Waals surface area contributed by atoms with Gasteiger partial charge in [0.25, 0.3) is 0 Å². The maximum absolute atomic E-state index is 12.2. The highest BCUT2D eigenvalue weighted by Crippen LogP contribution is 2.42. The normalized spacial score (nSPS) is 23.5. The predicted octanol–water partition coefficient (Wildman–Crippen LogP) is 3.90. The molecule has 1 saturated heterocycles. The van der Waals surface area contributed by atoms with Gasteiger partial charge >= 0.3 is 5.97 Å². The molecular weight excluding hydrogens is 308 g/mol. The van der Waals surface area contributed by atoms with Gasteiger partial charge in [0.05, 0.1) is 0 Å². The van der Waals surface area contributed by atoms with E-state index in [0.29, 0.717) is 5.75 Å². The minimum atomic E-state index is -0.670. The Kier molecular flexibility index (Phi) is 4.82. The van der Waals surface area contributed by atoms with Gasteiger partial charge in [-0.05, 0) is 24.6 Å². The van der Waals surface area contributed by atoms with E-state index in [1.165, 1.54) is 6.92 Å². The summed E-state index contributed by atoms with van der Waals surface area (Å²) in [6.07, 6.45) is -0.353. The Balaban J connectivity index is 1.83. The molecule has 118 valence electrons. The van der Waals surface area contributed by atoms with Crippen LogP contribution in [0.15, 0.2) is 65.6 Å². The molecular formula is C19H18O3S. The third-order valence-corrected chi connectivity index (χ3v) is 5.22. The number of carbonyl (C=O) groups is 2. The van der Waals surface area contributed by atoms with E-state index in [4.69, 9.17) is 4.74 Å². The van der Waals surface area contributed by atoms with E-state index in [-0.39, 0.29) is 17.8 Å². The monoisotopic (exact) mass is 326 g/mol. The van der Waals surface area contributed by atoms with Crippen LogP contribution in [0, 0.1) is 11.8 Å². The highest BCUT2D eigenvalue weighted by molar-refractivity contribution is 7.99. The highest BCUT2D eigenvalue weighted by Gasteiger charge is 2.47. The summed E-state index contributed by atoms with van der Waals surface area (Å²) in [7, 11) is 0. The summed E-state index contributed by atoms with van der Waals surface area (Å²) in [5, 5.41) is 0. The Morgan fingerprint density at radius 3 is 2.26 bits per heavy atom. The fourth-order valence-electron chi connectivity index (χ4n) is 2.95. The summed E-state index contributed by atoms with van der Waals surface area (Å²) in [5.74, 6) is -0.666. The number of hydrogen-bond acceptors (Lipinski definition) is 4. The lowest BCUT2D eigenvalue weighted by molar-refractivity contribution is -0.146. The number of esters is 1. The molecule has 0 radical (unpaired) electrons. The topological polar surface area (TPSA) is 43.4 Å². The number of carbonyl (C=O) groups excluding carboxylic acids is 2. The summed E-state index contributed by atoms with van der Waals surface area (Å²) in [4.78, 5) is 25.2. The number of rotatable bonds is 5. The molecule has 1 heterocycles. The third kappa shape index (κ3) is 3.48. The van der Waals surface area contributed by atoms with E-state index < -0.39 is 11.9 Å². The van der Waals surface area contributed by atoms with Crippen LogP contribution in [0.1, 0.15) is 18.6 Å². The first kappa shape index (κ1) is 15.8. The van der Waals surface area contributed by atoms with Crippen molar-refractivity contribution in [1.29, 1.82) is 0 Å². The fraction of sp³-hybridized carbons (Fsp3) is 0.263. The second-order valence-corrected chi connectivity index (χ2v) is 6.74. The van der Waals surface area contributed by atoms with E-state index in [1.807, 2.05) is 60.7 Å². The number of ketones is 1. The van der Waals surface area contributed by atoms with E-state index >= 15 is 0 Å². The van der Waals surface area contributed by atoms with E-state index in [1.54, 1.807) is 11.8 Å². The van der Waals surface area contributed by atoms with Gasteiger partial charge in [0.2, 0.25) is 0 Å². The molecule has 3 nitrogen and oxygen atoms in total. The Morgan fingerprint density at radius 2 is 1.65 bits per heavy atom. The van der Waals surface area contributed by atoms with Gasteiger partial charge in [0.1, 0.15) is 17.8 Å². The summed E-state index contributed by atoms with van der Waals surface area (Å²) in [6.45, 7) is 1.47. The van der Waals surface area contributed by atoms with Crippen LogP contribution in [-0.4, -0.2) is 17.5 Å². The number of ether oxygens (including phenoxy) is 1. The standard InChI is InChI=1S/C19H18O3S/c1-13(20)17-16(12-23-15-10-6-3-7-11-15)18(22-19(17)21)14-8-4-2-5-9-14/h2-11,16-18H,12H2,1H3/t16-,17?,18+/m0/s1. The van der Waals surface area contributed by atoms with Crippen molar-refractivity contribution in [2.75, 3.05) is 5.75 Å². The van der Waals surface area contributed by atoms with Crippen LogP contribution < -0.4 is 0 Å². The average Bonchev–Trinajstić information content (AvgIpc) is 2.91. The van der Waals surface area contributed by atoms with Crippen LogP contribution in [0.3, 0.4) is 0 Å². The molecule has 2 aromatic rings. The zero-order valence-corrected chi connectivity index (χ0v) is 13.7. The molecule has 0 amide bonds. The van der Waals surface area contributed by atoms with Gasteiger partial charge in [-0.2, -0.15) is 0 Å². The second kappa shape index (κ2) is 7.01. The zero-order valence-electron chi connectivity index (χ0n) is 12.8. The lowest BCUT2D eigenvalue weighted by Gasteiger charge is -2.20. The van der Waals surface area contributed by atoms with E-state index in [2.05, 4.69) is 0 Å². The van der Waals surface area contributed by atoms with Gasteiger partial charge in [0.15, 0.2) is 0 Å². The average molecular weight is 326 g/mol. The minimum Gasteiger partial charge on any atom is -0.457 e. The van der Waals surface area contributed by atoms with Crippen LogP contribution in [0.4, 0.5) is 0 Å². The van der Waals surface area contributed by atoms with Crippen molar-refractivity contribution < 1.29 is 14.3 Å². The largest absolute Gasteiger partial charge is 0.457 e. The minimum absolute atomic E-state index is 0.118. The smallest absolute Gasteiger partial charge is 0.317 e. The number of cyclic esters (lactones) is 1. The zero-order chi connectivity index (χ0) is 16.2. The Bertz CT molecular complexity index is 684. The molecule has 0 bridgehead atoms. The number of hydrogen-bond donors (Lipinski definition) is 0. The quantitative estimate of drug-likeness (QED) is 0.475. The van der Waals surface area contributed by atoms with Gasteiger partial charge < -0.3 is 4.74 Å². The molecule has 3 rings (SSSR count). The molecule has 1 fully saturated rings. The molecule has 1 unspecified atom stereocenters. The Morgan fingerprint density at radius 1 is 1.04 bits per heavy atom. The highest BCUT2D eigenvalue weighted by atomic mass is 32.2. The van der Waals surface area contributed by atoms with Crippen molar-refractivity contribution in [2.24, 2.45) is 11.8 Å². The number of thioether (sulfide) groups is 1. The Hall–Kier alpha value is -2.07. The first-order valence-electron chi connectivity index (χ1n) is 7.60. The summed E-state index contributed by atoms with van der Waals surface area (Å²) >= 11 is 1.65. The molecule has 0 saturated carbocycles. The molecule has 4 heteroatoms. The van der Waals surface area contributed by atoms with Gasteiger partial charge in [-0.15, -0.1) is 11.8 Å². The number of benzene rings is 2. The van der Waals surface area contributed by atoms with E-state index in [9.17, 15) is 9.59 Å². The SMILES string of the molecule is CC(=O)C1C(=O)O[C@H](c2ccccc2)[C@H]1CSc1ccccc1. The van der Waals surface area contributed by atoms with Gasteiger partial charge in [-0.3, -0.25) is 9.59 Å². The molecule has 0 spiro atoms. The third-order valence-electron chi connectivity index (χ3n) is 4.07. The van der Waals surface area contributed by atoms with Crippen molar-refractivity contribution >= 4 is 23.5 Å². The Labute approximate surface area is 140 Å². The van der Waals surface area contributed by atoms with Crippen LogP contribution >= 0.6 is 11.8 Å². The first-order valence-corrected chi connectivity index (χ1v) is 8.59. The predicted molar refractivity (Wildman–Crippen MR) is 90.1 cm³/mol. The van der Waals surface area contributed by atoms with Crippen molar-refractivity contribution in [3.8, 4) is 0 Å². The molecule has 0 aliphatic carbocycles. The molecule has 3 atom stereocenters. The molecule has 1 aliphatic rings. The van der Waals surface area contributed by atoms with Crippen molar-refractivity contribution in [1.82, 2.24) is 0 Å². The molecule has 2 aromatic carbocycles. The molecule has 23 heavy (non-hydrogen) atoms. The second-order valence-electron chi connectivity index (χ2n) is 5.64. The van der Waals surface area contributed by atoms with Gasteiger partial charge in [-0.25, -0.2) is 0 Å². The molecule has 0 aromatic heterocycles. The van der Waals surface area contributed by atoms with E-state index in [0.717, 1.165) is 10.5 Å². The molecule has 0 N–H and O–H groups in total. The van der Waals surface area contributed by atoms with Gasteiger partial charge in [-0.1, -0.05) is 48.5 Å². The van der Waals surface area contributed by atoms with Crippen molar-refractivity contribution in [3.05, 3.63) is 66.2 Å². The number of Topliss-reactive ketones (excluding diaryl/α,β-unsaturated/α-hetero) is 1. The van der Waals surface area contributed by atoms with Crippen molar-refractivity contribution in [3.63, 3.8) is 0 Å². The maximum atomic E-state index is 12.2. The van der Waals surface area contributed by atoms with Crippen LogP contribution in [0.5, 0.6) is 0 Å². The summed E-state index contributed by atoms with van der Waals surface area (Å²) < 4.78 is 5.55. The van der Waals surface area contributed by atoms with Crippen LogP contribution in [0.25, 0.3) is 0 Å². The first-order chi connectivity index (χ1) is 11.2.